The third kappa shape index (κ3) is 1.46. The van der Waals surface area contributed by atoms with Gasteiger partial charge in [-0.15, -0.1) is 0 Å². The van der Waals surface area contributed by atoms with Gasteiger partial charge in [-0.1, -0.05) is 20.3 Å². The monoisotopic (exact) mass is 184 g/mol. The van der Waals surface area contributed by atoms with Crippen molar-refractivity contribution in [1.82, 2.24) is 5.43 Å². The third-order valence-electron chi connectivity index (χ3n) is 2.77. The van der Waals surface area contributed by atoms with Gasteiger partial charge in [-0.3, -0.25) is 15.0 Å². The predicted octanol–water partition coefficient (Wildman–Crippen LogP) is 0.372. The summed E-state index contributed by atoms with van der Waals surface area (Å²) >= 11 is 0. The zero-order chi connectivity index (χ0) is 10.1. The van der Waals surface area contributed by atoms with Crippen LogP contribution in [0.5, 0.6) is 0 Å². The Bertz CT molecular complexity index is 232. The molecule has 0 aliphatic heterocycles. The van der Waals surface area contributed by atoms with Crippen LogP contribution in [0.15, 0.2) is 0 Å². The van der Waals surface area contributed by atoms with Crippen LogP contribution in [-0.2, 0) is 9.59 Å². The Labute approximate surface area is 77.8 Å². The zero-order valence-corrected chi connectivity index (χ0v) is 8.09. The van der Waals surface area contributed by atoms with E-state index in [0.717, 1.165) is 6.42 Å². The van der Waals surface area contributed by atoms with Gasteiger partial charge in [0.1, 0.15) is 5.41 Å². The first-order chi connectivity index (χ1) is 6.04. The van der Waals surface area contributed by atoms with E-state index < -0.39 is 5.41 Å². The maximum atomic E-state index is 11.7. The van der Waals surface area contributed by atoms with E-state index in [-0.39, 0.29) is 17.6 Å². The molecule has 1 aliphatic rings. The molecule has 3 N–H and O–H groups in total. The first-order valence-corrected chi connectivity index (χ1v) is 4.60. The molecule has 74 valence electrons. The van der Waals surface area contributed by atoms with E-state index in [9.17, 15) is 9.59 Å². The second-order valence-electron chi connectivity index (χ2n) is 3.93. The highest BCUT2D eigenvalue weighted by molar-refractivity contribution is 6.07. The number of carbonyl (C=O) groups is 2. The summed E-state index contributed by atoms with van der Waals surface area (Å²) in [4.78, 5) is 23.1. The van der Waals surface area contributed by atoms with Crippen LogP contribution in [-0.4, -0.2) is 11.7 Å². The Hall–Kier alpha value is -0.900. The topological polar surface area (TPSA) is 72.2 Å². The minimum Gasteiger partial charge on any atom is -0.298 e. The molecule has 0 spiro atoms. The minimum absolute atomic E-state index is 0.0155. The molecule has 1 aliphatic carbocycles. The van der Waals surface area contributed by atoms with Crippen molar-refractivity contribution in [2.24, 2.45) is 17.2 Å². The fourth-order valence-corrected chi connectivity index (χ4v) is 1.81. The Morgan fingerprint density at radius 3 is 2.15 bits per heavy atom. The van der Waals surface area contributed by atoms with Gasteiger partial charge in [0.15, 0.2) is 5.78 Å². The molecule has 0 unspecified atom stereocenters. The van der Waals surface area contributed by atoms with Gasteiger partial charge < -0.3 is 0 Å². The summed E-state index contributed by atoms with van der Waals surface area (Å²) in [5, 5.41) is 0. The zero-order valence-electron chi connectivity index (χ0n) is 8.09. The van der Waals surface area contributed by atoms with E-state index >= 15 is 0 Å². The second kappa shape index (κ2) is 3.46. The van der Waals surface area contributed by atoms with Gasteiger partial charge in [0, 0.05) is 5.92 Å². The fraction of sp³-hybridized carbons (Fsp3) is 0.778. The number of rotatable bonds is 3. The van der Waals surface area contributed by atoms with E-state index in [1.54, 1.807) is 0 Å². The quantitative estimate of drug-likeness (QED) is 0.288. The molecule has 4 heteroatoms. The first-order valence-electron chi connectivity index (χ1n) is 4.60. The number of nitrogens with two attached hydrogens (primary N) is 1. The summed E-state index contributed by atoms with van der Waals surface area (Å²) < 4.78 is 0. The highest BCUT2D eigenvalue weighted by Gasteiger charge is 2.50. The molecule has 1 saturated carbocycles. The van der Waals surface area contributed by atoms with Crippen LogP contribution in [0.2, 0.25) is 0 Å². The second-order valence-corrected chi connectivity index (χ2v) is 3.93. The van der Waals surface area contributed by atoms with Gasteiger partial charge in [0.05, 0.1) is 0 Å². The molecule has 1 fully saturated rings. The standard InChI is InChI=1S/C9H16N2O2/c1-6(2)7(12)9(4-3-5-9)8(13)11-10/h6H,3-5,10H2,1-2H3,(H,11,13). The van der Waals surface area contributed by atoms with Crippen molar-refractivity contribution in [3.05, 3.63) is 0 Å². The summed E-state index contributed by atoms with van der Waals surface area (Å²) in [7, 11) is 0. The lowest BCUT2D eigenvalue weighted by Crippen LogP contribution is -2.54. The van der Waals surface area contributed by atoms with Crippen LogP contribution >= 0.6 is 0 Å². The lowest BCUT2D eigenvalue weighted by Gasteiger charge is -2.39. The van der Waals surface area contributed by atoms with Crippen molar-refractivity contribution in [2.45, 2.75) is 33.1 Å². The van der Waals surface area contributed by atoms with Crippen LogP contribution in [0.1, 0.15) is 33.1 Å². The number of amides is 1. The van der Waals surface area contributed by atoms with Gasteiger partial charge in [-0.2, -0.15) is 0 Å². The van der Waals surface area contributed by atoms with E-state index in [2.05, 4.69) is 5.43 Å². The van der Waals surface area contributed by atoms with Crippen molar-refractivity contribution < 1.29 is 9.59 Å². The highest BCUT2D eigenvalue weighted by Crippen LogP contribution is 2.43. The number of hydrazine groups is 1. The Kier molecular flexibility index (Phi) is 2.71. The van der Waals surface area contributed by atoms with Crippen LogP contribution in [0.3, 0.4) is 0 Å². The smallest absolute Gasteiger partial charge is 0.247 e. The molecule has 0 aromatic heterocycles. The SMILES string of the molecule is CC(C)C(=O)C1(C(=O)NN)CCC1. The molecular weight excluding hydrogens is 168 g/mol. The summed E-state index contributed by atoms with van der Waals surface area (Å²) in [6.45, 7) is 3.62. The van der Waals surface area contributed by atoms with Crippen LogP contribution in [0.25, 0.3) is 0 Å². The Morgan fingerprint density at radius 2 is 1.92 bits per heavy atom. The lowest BCUT2D eigenvalue weighted by molar-refractivity contribution is -0.150. The number of ketones is 1. The summed E-state index contributed by atoms with van der Waals surface area (Å²) in [6.07, 6.45) is 2.23. The average Bonchev–Trinajstić information content (AvgIpc) is 2.01. The van der Waals surface area contributed by atoms with Gasteiger partial charge in [0.25, 0.3) is 0 Å². The molecule has 0 aromatic carbocycles. The number of Topliss-reactive ketones (excluding diaryl/α,β-unsaturated/α-hetero) is 1. The molecule has 0 saturated heterocycles. The largest absolute Gasteiger partial charge is 0.298 e. The molecular formula is C9H16N2O2. The van der Waals surface area contributed by atoms with Crippen LogP contribution in [0.4, 0.5) is 0 Å². The number of hydrogen-bond donors (Lipinski definition) is 2. The van der Waals surface area contributed by atoms with Crippen molar-refractivity contribution in [1.29, 1.82) is 0 Å². The van der Waals surface area contributed by atoms with E-state index in [0.29, 0.717) is 12.8 Å². The predicted molar refractivity (Wildman–Crippen MR) is 48.5 cm³/mol. The van der Waals surface area contributed by atoms with Crippen LogP contribution < -0.4 is 11.3 Å². The molecule has 0 bridgehead atoms. The third-order valence-corrected chi connectivity index (χ3v) is 2.77. The van der Waals surface area contributed by atoms with Gasteiger partial charge in [0.2, 0.25) is 5.91 Å². The van der Waals surface area contributed by atoms with Gasteiger partial charge in [-0.25, -0.2) is 5.84 Å². The number of carbonyl (C=O) groups excluding carboxylic acids is 2. The maximum Gasteiger partial charge on any atom is 0.247 e. The molecule has 4 nitrogen and oxygen atoms in total. The highest BCUT2D eigenvalue weighted by atomic mass is 16.2. The molecule has 1 rings (SSSR count). The van der Waals surface area contributed by atoms with E-state index in [4.69, 9.17) is 5.84 Å². The van der Waals surface area contributed by atoms with E-state index in [1.807, 2.05) is 13.8 Å². The minimum atomic E-state index is -0.803. The molecule has 0 radical (unpaired) electrons. The first kappa shape index (κ1) is 10.2. The molecule has 13 heavy (non-hydrogen) atoms. The fourth-order valence-electron chi connectivity index (χ4n) is 1.81. The van der Waals surface area contributed by atoms with E-state index in [1.165, 1.54) is 0 Å². The van der Waals surface area contributed by atoms with Crippen molar-refractivity contribution in [3.8, 4) is 0 Å². The molecule has 1 amide bonds. The maximum absolute atomic E-state index is 11.7. The normalized spacial score (nSPS) is 19.4. The molecule has 0 atom stereocenters. The van der Waals surface area contributed by atoms with Crippen molar-refractivity contribution in [2.75, 3.05) is 0 Å². The van der Waals surface area contributed by atoms with Crippen LogP contribution in [0, 0.1) is 11.3 Å². The summed E-state index contributed by atoms with van der Waals surface area (Å²) in [5.41, 5.74) is 1.28. The number of hydrogen-bond acceptors (Lipinski definition) is 3. The van der Waals surface area contributed by atoms with Crippen molar-refractivity contribution >= 4 is 11.7 Å². The van der Waals surface area contributed by atoms with Gasteiger partial charge in [-0.05, 0) is 12.8 Å². The van der Waals surface area contributed by atoms with Crippen molar-refractivity contribution in [3.63, 3.8) is 0 Å². The summed E-state index contributed by atoms with van der Waals surface area (Å²) in [5.74, 6) is 4.65. The summed E-state index contributed by atoms with van der Waals surface area (Å²) in [6, 6.07) is 0. The molecule has 0 aromatic rings. The Balaban J connectivity index is 2.81. The average molecular weight is 184 g/mol. The van der Waals surface area contributed by atoms with Gasteiger partial charge >= 0.3 is 0 Å². The Morgan fingerprint density at radius 1 is 1.38 bits per heavy atom. The lowest BCUT2D eigenvalue weighted by atomic mass is 9.63. The number of nitrogens with one attached hydrogen (secondary N) is 1. The molecule has 0 heterocycles.